The maximum Gasteiger partial charge on any atom is 0.573 e. The number of amides is 1. The highest BCUT2D eigenvalue weighted by atomic mass is 19.4. The van der Waals surface area contributed by atoms with Crippen LogP contribution in [0.3, 0.4) is 0 Å². The molecule has 2 aromatic rings. The summed E-state index contributed by atoms with van der Waals surface area (Å²) in [5.74, 6) is -1.71. The van der Waals surface area contributed by atoms with Gasteiger partial charge in [-0.15, -0.1) is 13.2 Å². The minimum atomic E-state index is -4.75. The summed E-state index contributed by atoms with van der Waals surface area (Å²) in [4.78, 5) is 15.9. The molecule has 1 saturated heterocycles. The van der Waals surface area contributed by atoms with E-state index in [1.165, 1.54) is 36.4 Å². The van der Waals surface area contributed by atoms with Crippen molar-refractivity contribution in [3.05, 3.63) is 65.2 Å². The van der Waals surface area contributed by atoms with E-state index in [0.717, 1.165) is 6.07 Å². The maximum atomic E-state index is 13.4. The van der Waals surface area contributed by atoms with Gasteiger partial charge in [-0.05, 0) is 35.4 Å². The molecule has 0 N–H and O–H groups in total. The van der Waals surface area contributed by atoms with Gasteiger partial charge in [0.2, 0.25) is 5.91 Å². The van der Waals surface area contributed by atoms with E-state index in [0.29, 0.717) is 37.3 Å². The van der Waals surface area contributed by atoms with Crippen LogP contribution in [-0.4, -0.2) is 41.7 Å². The number of halogens is 5. The number of ether oxygens (including phenoxy) is 1. The summed E-state index contributed by atoms with van der Waals surface area (Å²) in [6, 6.07) is 8.70. The molecule has 0 aromatic heterocycles. The zero-order valence-corrected chi connectivity index (χ0v) is 15.4. The topological polar surface area (TPSA) is 32.8 Å². The molecule has 0 radical (unpaired) electrons. The van der Waals surface area contributed by atoms with Crippen LogP contribution in [-0.2, 0) is 17.9 Å². The Kier molecular flexibility index (Phi) is 6.36. The normalized spacial score (nSPS) is 16.0. The quantitative estimate of drug-likeness (QED) is 0.691. The highest BCUT2D eigenvalue weighted by molar-refractivity contribution is 5.76. The molecule has 4 nitrogen and oxygen atoms in total. The van der Waals surface area contributed by atoms with Gasteiger partial charge < -0.3 is 9.64 Å². The lowest BCUT2D eigenvalue weighted by atomic mass is 10.2. The SMILES string of the molecule is O=C1CCN(Cc2cc(F)cc(F)c2)CCN1Cc1ccc(OC(F)(F)F)cc1. The average molecular weight is 414 g/mol. The molecule has 0 aliphatic carbocycles. The largest absolute Gasteiger partial charge is 0.573 e. The molecule has 0 unspecified atom stereocenters. The summed E-state index contributed by atoms with van der Waals surface area (Å²) in [5, 5.41) is 0. The van der Waals surface area contributed by atoms with Gasteiger partial charge in [0.15, 0.2) is 0 Å². The predicted octanol–water partition coefficient (Wildman–Crippen LogP) is 4.10. The first kappa shape index (κ1) is 21.0. The summed E-state index contributed by atoms with van der Waals surface area (Å²) in [6.45, 7) is 1.94. The van der Waals surface area contributed by atoms with Gasteiger partial charge >= 0.3 is 6.36 Å². The van der Waals surface area contributed by atoms with Crippen LogP contribution in [0.5, 0.6) is 5.75 Å². The van der Waals surface area contributed by atoms with Crippen molar-refractivity contribution in [2.75, 3.05) is 19.6 Å². The standard InChI is InChI=1S/C20H19F5N2O2/c21-16-9-15(10-17(22)11-16)12-26-6-5-19(28)27(8-7-26)13-14-1-3-18(4-2-14)29-20(23,24)25/h1-4,9-11H,5-8,12-13H2. The molecule has 1 heterocycles. The van der Waals surface area contributed by atoms with Gasteiger partial charge in [-0.1, -0.05) is 12.1 Å². The molecule has 1 aliphatic rings. The van der Waals surface area contributed by atoms with E-state index in [-0.39, 0.29) is 24.6 Å². The maximum absolute atomic E-state index is 13.4. The Morgan fingerprint density at radius 2 is 1.52 bits per heavy atom. The number of benzene rings is 2. The van der Waals surface area contributed by atoms with Crippen molar-refractivity contribution < 1.29 is 31.5 Å². The third-order valence-electron chi connectivity index (χ3n) is 4.54. The van der Waals surface area contributed by atoms with Gasteiger partial charge in [0, 0.05) is 45.2 Å². The van der Waals surface area contributed by atoms with E-state index in [1.54, 1.807) is 4.90 Å². The van der Waals surface area contributed by atoms with E-state index >= 15 is 0 Å². The fraction of sp³-hybridized carbons (Fsp3) is 0.350. The van der Waals surface area contributed by atoms with E-state index in [2.05, 4.69) is 4.74 Å². The van der Waals surface area contributed by atoms with Crippen LogP contribution >= 0.6 is 0 Å². The predicted molar refractivity (Wildman–Crippen MR) is 94.8 cm³/mol. The number of rotatable bonds is 5. The van der Waals surface area contributed by atoms with Gasteiger partial charge in [-0.25, -0.2) is 8.78 Å². The van der Waals surface area contributed by atoms with E-state index in [9.17, 15) is 26.7 Å². The molecule has 0 atom stereocenters. The van der Waals surface area contributed by atoms with E-state index in [1.807, 2.05) is 4.90 Å². The molecule has 0 bridgehead atoms. The molecule has 156 valence electrons. The first-order valence-electron chi connectivity index (χ1n) is 8.98. The molecule has 9 heteroatoms. The first-order chi connectivity index (χ1) is 13.7. The van der Waals surface area contributed by atoms with Crippen LogP contribution in [0.1, 0.15) is 17.5 Å². The Morgan fingerprint density at radius 3 is 2.14 bits per heavy atom. The second-order valence-corrected chi connectivity index (χ2v) is 6.81. The summed E-state index contributed by atoms with van der Waals surface area (Å²) in [7, 11) is 0. The Balaban J connectivity index is 1.58. The minimum Gasteiger partial charge on any atom is -0.406 e. The van der Waals surface area contributed by atoms with Crippen molar-refractivity contribution in [1.29, 1.82) is 0 Å². The van der Waals surface area contributed by atoms with Gasteiger partial charge in [-0.3, -0.25) is 9.69 Å². The molecule has 1 fully saturated rings. The van der Waals surface area contributed by atoms with Crippen molar-refractivity contribution in [1.82, 2.24) is 9.80 Å². The highest BCUT2D eigenvalue weighted by Crippen LogP contribution is 2.23. The lowest BCUT2D eigenvalue weighted by Gasteiger charge is -2.22. The van der Waals surface area contributed by atoms with E-state index < -0.39 is 18.0 Å². The highest BCUT2D eigenvalue weighted by Gasteiger charge is 2.31. The molecule has 2 aromatic carbocycles. The smallest absolute Gasteiger partial charge is 0.406 e. The summed E-state index contributed by atoms with van der Waals surface area (Å²) >= 11 is 0. The molecule has 0 saturated carbocycles. The van der Waals surface area contributed by atoms with Crippen LogP contribution in [0.15, 0.2) is 42.5 Å². The van der Waals surface area contributed by atoms with Crippen LogP contribution in [0, 0.1) is 11.6 Å². The summed E-state index contributed by atoms with van der Waals surface area (Å²) in [5.41, 5.74) is 1.16. The van der Waals surface area contributed by atoms with Gasteiger partial charge in [-0.2, -0.15) is 0 Å². The molecular formula is C20H19F5N2O2. The summed E-state index contributed by atoms with van der Waals surface area (Å²) in [6.07, 6.45) is -4.51. The van der Waals surface area contributed by atoms with Crippen LogP contribution < -0.4 is 4.74 Å². The van der Waals surface area contributed by atoms with Crippen LogP contribution in [0.25, 0.3) is 0 Å². The van der Waals surface area contributed by atoms with E-state index in [4.69, 9.17) is 0 Å². The number of hydrogen-bond donors (Lipinski definition) is 0. The zero-order valence-electron chi connectivity index (χ0n) is 15.4. The molecule has 29 heavy (non-hydrogen) atoms. The number of hydrogen-bond acceptors (Lipinski definition) is 3. The molecule has 3 rings (SSSR count). The van der Waals surface area contributed by atoms with Crippen molar-refractivity contribution in [2.24, 2.45) is 0 Å². The number of alkyl halides is 3. The van der Waals surface area contributed by atoms with Crippen LogP contribution in [0.2, 0.25) is 0 Å². The molecule has 1 amide bonds. The van der Waals surface area contributed by atoms with Gasteiger partial charge in [0.1, 0.15) is 17.4 Å². The third-order valence-corrected chi connectivity index (χ3v) is 4.54. The van der Waals surface area contributed by atoms with Crippen LogP contribution in [0.4, 0.5) is 22.0 Å². The Labute approximate surface area is 164 Å². The second-order valence-electron chi connectivity index (χ2n) is 6.81. The molecule has 1 aliphatic heterocycles. The fourth-order valence-corrected chi connectivity index (χ4v) is 3.21. The Morgan fingerprint density at radius 1 is 0.862 bits per heavy atom. The zero-order chi connectivity index (χ0) is 21.0. The van der Waals surface area contributed by atoms with Gasteiger partial charge in [0.05, 0.1) is 0 Å². The number of carbonyl (C=O) groups is 1. The minimum absolute atomic E-state index is 0.0893. The number of nitrogens with zero attached hydrogens (tertiary/aromatic N) is 2. The second kappa shape index (κ2) is 8.77. The van der Waals surface area contributed by atoms with Crippen molar-refractivity contribution in [3.63, 3.8) is 0 Å². The fourth-order valence-electron chi connectivity index (χ4n) is 3.21. The third kappa shape index (κ3) is 6.42. The Bertz CT molecular complexity index is 835. The number of carbonyl (C=O) groups excluding carboxylic acids is 1. The monoisotopic (exact) mass is 414 g/mol. The average Bonchev–Trinajstić information content (AvgIpc) is 2.77. The summed E-state index contributed by atoms with van der Waals surface area (Å²) < 4.78 is 67.2. The van der Waals surface area contributed by atoms with Crippen molar-refractivity contribution in [2.45, 2.75) is 25.9 Å². The lowest BCUT2D eigenvalue weighted by molar-refractivity contribution is -0.274. The van der Waals surface area contributed by atoms with Crippen molar-refractivity contribution in [3.8, 4) is 5.75 Å². The van der Waals surface area contributed by atoms with Gasteiger partial charge in [0.25, 0.3) is 0 Å². The Hall–Kier alpha value is -2.68. The van der Waals surface area contributed by atoms with Crippen molar-refractivity contribution >= 4 is 5.91 Å². The first-order valence-corrected chi connectivity index (χ1v) is 8.98. The molecule has 0 spiro atoms. The lowest BCUT2D eigenvalue weighted by Crippen LogP contribution is -2.32. The molecular weight excluding hydrogens is 395 g/mol.